The molecule has 2 aliphatic heterocycles. The molecular weight excluding hydrogens is 570 g/mol. The van der Waals surface area contributed by atoms with Gasteiger partial charge in [-0.3, -0.25) is 14.7 Å². The van der Waals surface area contributed by atoms with Crippen LogP contribution in [-0.4, -0.2) is 81.6 Å². The molecule has 0 bridgehead atoms. The van der Waals surface area contributed by atoms with Gasteiger partial charge in [0.05, 0.1) is 19.3 Å². The molecule has 0 aliphatic carbocycles. The van der Waals surface area contributed by atoms with Crippen LogP contribution in [-0.2, 0) is 19.1 Å². The van der Waals surface area contributed by atoms with Gasteiger partial charge in [-0.25, -0.2) is 9.59 Å². The topological polar surface area (TPSA) is 113 Å². The number of anilines is 2. The summed E-state index contributed by atoms with van der Waals surface area (Å²) in [6.45, 7) is 10.6. The second-order valence-electron chi connectivity index (χ2n) is 10.6. The number of amides is 2. The van der Waals surface area contributed by atoms with Gasteiger partial charge in [0.2, 0.25) is 0 Å². The number of halogens is 1. The fourth-order valence-electron chi connectivity index (χ4n) is 5.67. The normalized spacial score (nSPS) is 19.0. The van der Waals surface area contributed by atoms with Gasteiger partial charge in [0.1, 0.15) is 5.92 Å². The van der Waals surface area contributed by atoms with Crippen molar-refractivity contribution in [3.05, 3.63) is 70.4 Å². The number of allylic oxidation sites excluding steroid dienone is 1. The Morgan fingerprint density at radius 3 is 2.44 bits per heavy atom. The molecule has 2 unspecified atom stereocenters. The van der Waals surface area contributed by atoms with E-state index in [-0.39, 0.29) is 12.6 Å². The van der Waals surface area contributed by atoms with Crippen molar-refractivity contribution in [1.82, 2.24) is 10.2 Å². The van der Waals surface area contributed by atoms with E-state index >= 15 is 0 Å². The van der Waals surface area contributed by atoms with Crippen molar-refractivity contribution in [2.24, 2.45) is 10.9 Å². The summed E-state index contributed by atoms with van der Waals surface area (Å²) in [4.78, 5) is 47.8. The number of nitrogens with one attached hydrogen (secondary N) is 2. The molecular formula is C32H40ClN5O5. The molecule has 1 fully saturated rings. The Labute approximate surface area is 258 Å². The molecule has 4 rings (SSSR count). The standard InChI is InChI=1S/C32H40ClN5O5/c1-5-43-31(40)28-22(3)35-21(2)27(30(39)42-4)29(28)23-8-6-9-25(20-23)36-32(41)34-14-7-15-37-16-18-38(19-17-37)26-12-10-24(33)11-13-26/h6,8-13,20,27,29H,5,7,14-19H2,1-4H3,(H2,34,36,41). The number of esters is 2. The molecule has 2 aromatic rings. The van der Waals surface area contributed by atoms with E-state index in [4.69, 9.17) is 21.1 Å². The Hall–Kier alpha value is -3.89. The van der Waals surface area contributed by atoms with Gasteiger partial charge in [0, 0.05) is 66.4 Å². The third-order valence-corrected chi connectivity index (χ3v) is 8.04. The predicted molar refractivity (Wildman–Crippen MR) is 169 cm³/mol. The summed E-state index contributed by atoms with van der Waals surface area (Å²) in [5.41, 5.74) is 3.73. The third kappa shape index (κ3) is 8.14. The van der Waals surface area contributed by atoms with Gasteiger partial charge in [-0.1, -0.05) is 23.7 Å². The molecule has 43 heavy (non-hydrogen) atoms. The lowest BCUT2D eigenvalue weighted by Crippen LogP contribution is -2.47. The molecule has 0 radical (unpaired) electrons. The van der Waals surface area contributed by atoms with Gasteiger partial charge in [-0.2, -0.15) is 0 Å². The SMILES string of the molecule is CCOC(=O)C1=C(C)N=C(C)C(C(=O)OC)C1c1cccc(NC(=O)NCCCN2CCN(c3ccc(Cl)cc3)CC2)c1. The molecule has 2 atom stereocenters. The summed E-state index contributed by atoms with van der Waals surface area (Å²) >= 11 is 6.01. The van der Waals surface area contributed by atoms with Crippen molar-refractivity contribution >= 4 is 46.7 Å². The minimum Gasteiger partial charge on any atom is -0.468 e. The highest BCUT2D eigenvalue weighted by atomic mass is 35.5. The molecule has 230 valence electrons. The summed E-state index contributed by atoms with van der Waals surface area (Å²) in [5, 5.41) is 6.55. The van der Waals surface area contributed by atoms with Crippen LogP contribution in [0.4, 0.5) is 16.2 Å². The van der Waals surface area contributed by atoms with E-state index in [9.17, 15) is 14.4 Å². The Morgan fingerprint density at radius 2 is 1.77 bits per heavy atom. The first-order chi connectivity index (χ1) is 20.7. The quantitative estimate of drug-likeness (QED) is 0.292. The van der Waals surface area contributed by atoms with Crippen LogP contribution in [0.1, 0.15) is 38.7 Å². The summed E-state index contributed by atoms with van der Waals surface area (Å²) in [6.07, 6.45) is 0.822. The van der Waals surface area contributed by atoms with Gasteiger partial charge in [0.25, 0.3) is 0 Å². The summed E-state index contributed by atoms with van der Waals surface area (Å²) in [5.74, 6) is -2.50. The molecule has 11 heteroatoms. The first-order valence-electron chi connectivity index (χ1n) is 14.6. The van der Waals surface area contributed by atoms with Crippen LogP contribution in [0.15, 0.2) is 64.8 Å². The van der Waals surface area contributed by atoms with Crippen LogP contribution in [0.3, 0.4) is 0 Å². The van der Waals surface area contributed by atoms with E-state index in [1.165, 1.54) is 12.8 Å². The van der Waals surface area contributed by atoms with Crippen LogP contribution in [0.25, 0.3) is 0 Å². The van der Waals surface area contributed by atoms with Gasteiger partial charge < -0.3 is 25.0 Å². The number of carbonyl (C=O) groups excluding carboxylic acids is 3. The number of rotatable bonds is 10. The number of carbonyl (C=O) groups is 3. The van der Waals surface area contributed by atoms with E-state index in [1.807, 2.05) is 18.2 Å². The molecule has 2 aromatic carbocycles. The fourth-order valence-corrected chi connectivity index (χ4v) is 5.80. The van der Waals surface area contributed by atoms with Crippen molar-refractivity contribution in [2.45, 2.75) is 33.1 Å². The van der Waals surface area contributed by atoms with Crippen LogP contribution >= 0.6 is 11.6 Å². The van der Waals surface area contributed by atoms with E-state index < -0.39 is 23.8 Å². The van der Waals surface area contributed by atoms with Crippen LogP contribution < -0.4 is 15.5 Å². The zero-order valence-electron chi connectivity index (χ0n) is 25.2. The van der Waals surface area contributed by atoms with Crippen molar-refractivity contribution in [1.29, 1.82) is 0 Å². The smallest absolute Gasteiger partial charge is 0.336 e. The number of aliphatic imine (C=N–C) groups is 1. The average molecular weight is 610 g/mol. The number of methoxy groups -OCH3 is 1. The Kier molecular flexibility index (Phi) is 11.2. The molecule has 0 saturated carbocycles. The van der Waals surface area contributed by atoms with Crippen LogP contribution in [0.5, 0.6) is 0 Å². The molecule has 2 aliphatic rings. The van der Waals surface area contributed by atoms with Crippen molar-refractivity contribution in [2.75, 3.05) is 63.2 Å². The number of hydrogen-bond donors (Lipinski definition) is 2. The number of piperazine rings is 1. The second kappa shape index (κ2) is 15.0. The number of urea groups is 1. The second-order valence-corrected chi connectivity index (χ2v) is 11.1. The fraction of sp³-hybridized carbons (Fsp3) is 0.438. The van der Waals surface area contributed by atoms with E-state index in [0.29, 0.717) is 34.8 Å². The molecule has 0 aromatic heterocycles. The highest BCUT2D eigenvalue weighted by Crippen LogP contribution is 2.40. The lowest BCUT2D eigenvalue weighted by Gasteiger charge is -2.36. The van der Waals surface area contributed by atoms with Crippen molar-refractivity contribution in [3.8, 4) is 0 Å². The molecule has 2 heterocycles. The maximum absolute atomic E-state index is 13.0. The van der Waals surface area contributed by atoms with E-state index in [0.717, 1.165) is 44.2 Å². The molecule has 2 N–H and O–H groups in total. The zero-order chi connectivity index (χ0) is 30.9. The first-order valence-corrected chi connectivity index (χ1v) is 15.0. The van der Waals surface area contributed by atoms with Crippen LogP contribution in [0.2, 0.25) is 5.02 Å². The maximum atomic E-state index is 13.0. The Balaban J connectivity index is 1.32. The highest BCUT2D eigenvalue weighted by Gasteiger charge is 2.42. The van der Waals surface area contributed by atoms with Crippen LogP contribution in [0, 0.1) is 5.92 Å². The van der Waals surface area contributed by atoms with E-state index in [1.54, 1.807) is 39.0 Å². The van der Waals surface area contributed by atoms with E-state index in [2.05, 4.69) is 37.6 Å². The average Bonchev–Trinajstić information content (AvgIpc) is 2.99. The number of benzene rings is 2. The Bertz CT molecular complexity index is 1370. The summed E-state index contributed by atoms with van der Waals surface area (Å²) < 4.78 is 10.4. The number of hydrogen-bond acceptors (Lipinski definition) is 8. The Morgan fingerprint density at radius 1 is 1.05 bits per heavy atom. The highest BCUT2D eigenvalue weighted by molar-refractivity contribution is 6.30. The van der Waals surface area contributed by atoms with Crippen molar-refractivity contribution < 1.29 is 23.9 Å². The van der Waals surface area contributed by atoms with Gasteiger partial charge in [-0.15, -0.1) is 0 Å². The van der Waals surface area contributed by atoms with Gasteiger partial charge >= 0.3 is 18.0 Å². The summed E-state index contributed by atoms with van der Waals surface area (Å²) in [7, 11) is 1.31. The maximum Gasteiger partial charge on any atom is 0.336 e. The largest absolute Gasteiger partial charge is 0.468 e. The monoisotopic (exact) mass is 609 g/mol. The lowest BCUT2D eigenvalue weighted by molar-refractivity contribution is -0.144. The number of nitrogens with zero attached hydrogens (tertiary/aromatic N) is 3. The van der Waals surface area contributed by atoms with Gasteiger partial charge in [0.15, 0.2) is 0 Å². The molecule has 0 spiro atoms. The molecule has 1 saturated heterocycles. The number of ether oxygens (including phenoxy) is 2. The molecule has 10 nitrogen and oxygen atoms in total. The van der Waals surface area contributed by atoms with Crippen molar-refractivity contribution in [3.63, 3.8) is 0 Å². The first kappa shape index (κ1) is 32.0. The minimum absolute atomic E-state index is 0.190. The predicted octanol–water partition coefficient (Wildman–Crippen LogP) is 4.86. The molecule has 2 amide bonds. The lowest BCUT2D eigenvalue weighted by atomic mass is 9.75. The van der Waals surface area contributed by atoms with Gasteiger partial charge in [-0.05, 0) is 75.7 Å². The zero-order valence-corrected chi connectivity index (χ0v) is 25.9. The minimum atomic E-state index is -0.801. The third-order valence-electron chi connectivity index (χ3n) is 7.78. The summed E-state index contributed by atoms with van der Waals surface area (Å²) in [6, 6.07) is 14.7.